The van der Waals surface area contributed by atoms with Crippen molar-refractivity contribution >= 4 is 28.3 Å². The van der Waals surface area contributed by atoms with E-state index in [9.17, 15) is 0 Å². The van der Waals surface area contributed by atoms with Gasteiger partial charge in [0.25, 0.3) is 0 Å². The zero-order valence-corrected chi connectivity index (χ0v) is 7.47. The summed E-state index contributed by atoms with van der Waals surface area (Å²) in [6.45, 7) is 2.14. The Balaban J connectivity index is 2.49. The van der Waals surface area contributed by atoms with E-state index in [1.54, 1.807) is 0 Å². The summed E-state index contributed by atoms with van der Waals surface area (Å²) in [5.41, 5.74) is 6.80. The molecule has 0 bridgehead atoms. The fraction of sp³-hybridized carbons (Fsp3) is 0.500. The molecule has 1 rings (SSSR count). The van der Waals surface area contributed by atoms with Gasteiger partial charge in [-0.1, -0.05) is 6.92 Å². The Morgan fingerprint density at radius 1 is 1.80 bits per heavy atom. The van der Waals surface area contributed by atoms with Crippen molar-refractivity contribution in [3.63, 3.8) is 0 Å². The van der Waals surface area contributed by atoms with Crippen molar-refractivity contribution in [3.8, 4) is 0 Å². The van der Waals surface area contributed by atoms with Crippen molar-refractivity contribution in [2.75, 3.05) is 11.5 Å². The van der Waals surface area contributed by atoms with E-state index in [1.807, 2.05) is 18.0 Å². The maximum absolute atomic E-state index is 5.62. The van der Waals surface area contributed by atoms with Gasteiger partial charge in [0.2, 0.25) is 0 Å². The molecule has 0 aliphatic rings. The predicted molar refractivity (Wildman–Crippen MR) is 48.4 cm³/mol. The van der Waals surface area contributed by atoms with Crippen molar-refractivity contribution in [2.24, 2.45) is 0 Å². The molecule has 0 saturated heterocycles. The first-order chi connectivity index (χ1) is 4.84. The van der Waals surface area contributed by atoms with Crippen LogP contribution in [-0.2, 0) is 5.75 Å². The van der Waals surface area contributed by atoms with Gasteiger partial charge in [0.15, 0.2) is 0 Å². The molecule has 0 radical (unpaired) electrons. The summed E-state index contributed by atoms with van der Waals surface area (Å²) < 4.78 is 3.98. The minimum Gasteiger partial charge on any atom is -0.389 e. The first kappa shape index (κ1) is 7.88. The molecule has 0 fully saturated rings. The van der Waals surface area contributed by atoms with Crippen LogP contribution in [0.3, 0.4) is 0 Å². The van der Waals surface area contributed by atoms with E-state index in [0.29, 0.717) is 0 Å². The van der Waals surface area contributed by atoms with Crippen LogP contribution >= 0.6 is 23.3 Å². The summed E-state index contributed by atoms with van der Waals surface area (Å²) in [4.78, 5) is 0. The molecule has 0 aliphatic carbocycles. The van der Waals surface area contributed by atoms with E-state index in [-0.39, 0.29) is 0 Å². The fourth-order valence-electron chi connectivity index (χ4n) is 0.589. The zero-order chi connectivity index (χ0) is 7.40. The van der Waals surface area contributed by atoms with E-state index < -0.39 is 0 Å². The molecule has 2 N–H and O–H groups in total. The molecule has 56 valence electrons. The zero-order valence-electron chi connectivity index (χ0n) is 5.83. The van der Waals surface area contributed by atoms with Gasteiger partial charge in [0.1, 0.15) is 5.00 Å². The molecule has 1 aromatic heterocycles. The van der Waals surface area contributed by atoms with Crippen LogP contribution in [0, 0.1) is 0 Å². The number of anilines is 1. The molecule has 4 heteroatoms. The molecular weight excluding hydrogens is 164 g/mol. The third-order valence-electron chi connectivity index (χ3n) is 1.14. The third-order valence-corrected chi connectivity index (χ3v) is 2.73. The molecule has 0 aliphatic heterocycles. The Morgan fingerprint density at radius 3 is 3.10 bits per heavy atom. The highest BCUT2D eigenvalue weighted by Gasteiger charge is 1.99. The molecule has 1 aromatic rings. The Hall–Kier alpha value is -0.220. The van der Waals surface area contributed by atoms with E-state index in [1.165, 1.54) is 17.1 Å². The molecule has 0 aromatic carbocycles. The summed E-state index contributed by atoms with van der Waals surface area (Å²) in [7, 11) is 0. The number of thioether (sulfide) groups is 1. The highest BCUT2D eigenvalue weighted by molar-refractivity contribution is 7.98. The van der Waals surface area contributed by atoms with Crippen molar-refractivity contribution in [1.82, 2.24) is 4.37 Å². The second-order valence-electron chi connectivity index (χ2n) is 1.85. The van der Waals surface area contributed by atoms with Gasteiger partial charge in [-0.3, -0.25) is 0 Å². The largest absolute Gasteiger partial charge is 0.389 e. The minimum atomic E-state index is 0.862. The maximum atomic E-state index is 5.62. The van der Waals surface area contributed by atoms with Crippen LogP contribution in [0.15, 0.2) is 6.20 Å². The Bertz CT molecular complexity index is 197. The number of hydrogen-bond donors (Lipinski definition) is 1. The predicted octanol–water partition coefficient (Wildman–Crippen LogP) is 1.98. The normalized spacial score (nSPS) is 10.1. The number of rotatable bonds is 3. The highest BCUT2D eigenvalue weighted by Crippen LogP contribution is 2.20. The average molecular weight is 174 g/mol. The quantitative estimate of drug-likeness (QED) is 0.761. The number of nitrogen functional groups attached to an aromatic ring is 1. The lowest BCUT2D eigenvalue weighted by Crippen LogP contribution is -1.85. The molecule has 1 heterocycles. The van der Waals surface area contributed by atoms with Crippen LogP contribution in [0.2, 0.25) is 0 Å². The van der Waals surface area contributed by atoms with Gasteiger partial charge in [-0.15, -0.1) is 0 Å². The molecule has 0 unspecified atom stereocenters. The lowest BCUT2D eigenvalue weighted by molar-refractivity contribution is 1.39. The van der Waals surface area contributed by atoms with Gasteiger partial charge in [-0.2, -0.15) is 16.1 Å². The van der Waals surface area contributed by atoms with Gasteiger partial charge < -0.3 is 5.73 Å². The van der Waals surface area contributed by atoms with Gasteiger partial charge in [-0.25, -0.2) is 0 Å². The highest BCUT2D eigenvalue weighted by atomic mass is 32.2. The van der Waals surface area contributed by atoms with Crippen LogP contribution in [0.4, 0.5) is 5.00 Å². The van der Waals surface area contributed by atoms with Crippen LogP contribution in [-0.4, -0.2) is 10.1 Å². The van der Waals surface area contributed by atoms with Crippen LogP contribution in [0.25, 0.3) is 0 Å². The summed E-state index contributed by atoms with van der Waals surface area (Å²) >= 11 is 3.24. The van der Waals surface area contributed by atoms with E-state index in [4.69, 9.17) is 5.73 Å². The second kappa shape index (κ2) is 3.83. The Morgan fingerprint density at radius 2 is 2.60 bits per heavy atom. The lowest BCUT2D eigenvalue weighted by atomic mass is 10.4. The van der Waals surface area contributed by atoms with Crippen molar-refractivity contribution in [2.45, 2.75) is 12.7 Å². The molecule has 0 saturated carbocycles. The van der Waals surface area contributed by atoms with Crippen LogP contribution in [0.1, 0.15) is 12.5 Å². The molecule has 10 heavy (non-hydrogen) atoms. The molecule has 2 nitrogen and oxygen atoms in total. The van der Waals surface area contributed by atoms with Gasteiger partial charge in [0, 0.05) is 17.5 Å². The fourth-order valence-corrected chi connectivity index (χ4v) is 1.87. The van der Waals surface area contributed by atoms with E-state index in [0.717, 1.165) is 16.5 Å². The molecule has 0 spiro atoms. The Labute approximate surface area is 69.0 Å². The van der Waals surface area contributed by atoms with Gasteiger partial charge >= 0.3 is 0 Å². The topological polar surface area (TPSA) is 38.9 Å². The standard InChI is InChI=1S/C6H10N2S2/c1-2-9-4-5-3-8-10-6(5)7/h3H,2,4,7H2,1H3. The first-order valence-corrected chi connectivity index (χ1v) is 5.04. The molecule has 0 amide bonds. The number of nitrogens with zero attached hydrogens (tertiary/aromatic N) is 1. The van der Waals surface area contributed by atoms with Crippen LogP contribution < -0.4 is 5.73 Å². The van der Waals surface area contributed by atoms with Gasteiger partial charge in [0.05, 0.1) is 0 Å². The molecular formula is C6H10N2S2. The van der Waals surface area contributed by atoms with Crippen molar-refractivity contribution in [1.29, 1.82) is 0 Å². The summed E-state index contributed by atoms with van der Waals surface area (Å²) in [6, 6.07) is 0. The first-order valence-electron chi connectivity index (χ1n) is 3.11. The summed E-state index contributed by atoms with van der Waals surface area (Å²) in [5.74, 6) is 2.13. The monoisotopic (exact) mass is 174 g/mol. The van der Waals surface area contributed by atoms with Crippen molar-refractivity contribution < 1.29 is 0 Å². The lowest BCUT2D eigenvalue weighted by Gasteiger charge is -1.94. The van der Waals surface area contributed by atoms with E-state index >= 15 is 0 Å². The van der Waals surface area contributed by atoms with Crippen molar-refractivity contribution in [3.05, 3.63) is 11.8 Å². The van der Waals surface area contributed by atoms with Gasteiger partial charge in [-0.05, 0) is 17.3 Å². The Kier molecular flexibility index (Phi) is 3.02. The average Bonchev–Trinajstić information content (AvgIpc) is 2.31. The number of aromatic nitrogens is 1. The molecule has 0 atom stereocenters. The second-order valence-corrected chi connectivity index (χ2v) is 3.96. The smallest absolute Gasteiger partial charge is 0.110 e. The third kappa shape index (κ3) is 1.88. The SMILES string of the molecule is CCSCc1cnsc1N. The van der Waals surface area contributed by atoms with Crippen LogP contribution in [0.5, 0.6) is 0 Å². The number of hydrogen-bond acceptors (Lipinski definition) is 4. The summed E-state index contributed by atoms with van der Waals surface area (Å²) in [5, 5.41) is 0.862. The summed E-state index contributed by atoms with van der Waals surface area (Å²) in [6.07, 6.45) is 1.85. The minimum absolute atomic E-state index is 0.862. The maximum Gasteiger partial charge on any atom is 0.110 e. The number of nitrogens with two attached hydrogens (primary N) is 1. The van der Waals surface area contributed by atoms with E-state index in [2.05, 4.69) is 11.3 Å².